The standard InChI is InChI=1S/C22H28N4O3S/c1-3-5-14-6-7-16-20-19(21(28)24-8-4-2)15(13-27)17(11-26(16)22(14)29)25(20)12-18-23-9-10-30-18/h3,5-7,9-10,15,17,19-20,27H,4,8,11-13H2,1-2H3,(H,24,28)/b5-3+/t15-,17-,19+,20+/m0/s1. The summed E-state index contributed by atoms with van der Waals surface area (Å²) in [4.78, 5) is 33.0. The van der Waals surface area contributed by atoms with Gasteiger partial charge in [-0.1, -0.05) is 19.1 Å². The Hall–Kier alpha value is -2.29. The first-order valence-electron chi connectivity index (χ1n) is 10.5. The first-order chi connectivity index (χ1) is 14.6. The number of hydrogen-bond acceptors (Lipinski definition) is 6. The van der Waals surface area contributed by atoms with Gasteiger partial charge in [-0.2, -0.15) is 0 Å². The predicted molar refractivity (Wildman–Crippen MR) is 117 cm³/mol. The summed E-state index contributed by atoms with van der Waals surface area (Å²) in [6.07, 6.45) is 6.30. The van der Waals surface area contributed by atoms with E-state index in [0.29, 0.717) is 25.2 Å². The molecule has 1 amide bonds. The second-order valence-electron chi connectivity index (χ2n) is 7.90. The smallest absolute Gasteiger partial charge is 0.258 e. The fraction of sp³-hybridized carbons (Fsp3) is 0.500. The van der Waals surface area contributed by atoms with Gasteiger partial charge in [0.15, 0.2) is 0 Å². The third kappa shape index (κ3) is 3.53. The SMILES string of the molecule is C/C=C/c1ccc2n(c1=O)C[C@H]1[C@H](CO)[C@@H](C(=O)NCCC)[C@@H]2N1Cc1nccs1. The fourth-order valence-corrected chi connectivity index (χ4v) is 5.54. The molecule has 2 N–H and O–H groups in total. The topological polar surface area (TPSA) is 87.5 Å². The van der Waals surface area contributed by atoms with Crippen LogP contribution in [0, 0.1) is 11.8 Å². The van der Waals surface area contributed by atoms with Crippen LogP contribution in [0.3, 0.4) is 0 Å². The van der Waals surface area contributed by atoms with E-state index in [1.807, 2.05) is 43.5 Å². The first kappa shape index (κ1) is 21.0. The molecule has 4 atom stereocenters. The largest absolute Gasteiger partial charge is 0.396 e. The van der Waals surface area contributed by atoms with Crippen molar-refractivity contribution in [3.05, 3.63) is 56.4 Å². The highest BCUT2D eigenvalue weighted by molar-refractivity contribution is 7.09. The lowest BCUT2D eigenvalue weighted by Crippen LogP contribution is -2.46. The Labute approximate surface area is 180 Å². The molecule has 2 bridgehead atoms. The van der Waals surface area contributed by atoms with Crippen molar-refractivity contribution in [2.75, 3.05) is 13.2 Å². The predicted octanol–water partition coefficient (Wildman–Crippen LogP) is 2.03. The molecule has 160 valence electrons. The molecule has 0 saturated carbocycles. The number of aliphatic hydroxyl groups excluding tert-OH is 1. The van der Waals surface area contributed by atoms with E-state index >= 15 is 0 Å². The Morgan fingerprint density at radius 2 is 2.27 bits per heavy atom. The number of allylic oxidation sites excluding steroid dienone is 1. The summed E-state index contributed by atoms with van der Waals surface area (Å²) in [5.41, 5.74) is 1.44. The summed E-state index contributed by atoms with van der Waals surface area (Å²) in [6, 6.07) is 3.43. The highest BCUT2D eigenvalue weighted by Gasteiger charge is 2.55. The average Bonchev–Trinajstić information content (AvgIpc) is 3.32. The van der Waals surface area contributed by atoms with Gasteiger partial charge in [-0.15, -0.1) is 11.3 Å². The van der Waals surface area contributed by atoms with Crippen LogP contribution in [-0.2, 0) is 17.9 Å². The minimum absolute atomic E-state index is 0.0409. The van der Waals surface area contributed by atoms with E-state index in [1.165, 1.54) is 0 Å². The van der Waals surface area contributed by atoms with Crippen molar-refractivity contribution in [1.29, 1.82) is 0 Å². The molecule has 8 heteroatoms. The third-order valence-corrected chi connectivity index (χ3v) is 6.96. The number of carbonyl (C=O) groups excluding carboxylic acids is 1. The molecule has 0 aromatic carbocycles. The zero-order chi connectivity index (χ0) is 21.3. The molecule has 4 rings (SSSR count). The van der Waals surface area contributed by atoms with Gasteiger partial charge >= 0.3 is 0 Å². The number of thiazole rings is 1. The highest BCUT2D eigenvalue weighted by atomic mass is 32.1. The molecule has 2 aliphatic heterocycles. The number of amides is 1. The maximum Gasteiger partial charge on any atom is 0.258 e. The van der Waals surface area contributed by atoms with Gasteiger partial charge in [0.2, 0.25) is 5.91 Å². The fourth-order valence-electron chi connectivity index (χ4n) is 4.92. The molecule has 1 saturated heterocycles. The molecule has 30 heavy (non-hydrogen) atoms. The van der Waals surface area contributed by atoms with Crippen molar-refractivity contribution in [1.82, 2.24) is 19.8 Å². The van der Waals surface area contributed by atoms with E-state index in [-0.39, 0.29) is 36.1 Å². The third-order valence-electron chi connectivity index (χ3n) is 6.20. The molecule has 7 nitrogen and oxygen atoms in total. The maximum absolute atomic E-state index is 13.2. The van der Waals surface area contributed by atoms with Crippen LogP contribution < -0.4 is 10.9 Å². The van der Waals surface area contributed by atoms with Crippen LogP contribution >= 0.6 is 11.3 Å². The van der Waals surface area contributed by atoms with Gasteiger partial charge in [0, 0.05) is 54.5 Å². The Morgan fingerprint density at radius 3 is 2.93 bits per heavy atom. The van der Waals surface area contributed by atoms with E-state index in [2.05, 4.69) is 15.2 Å². The number of aliphatic hydroxyl groups is 1. The number of fused-ring (bicyclic) bond motifs is 4. The van der Waals surface area contributed by atoms with Gasteiger partial charge in [0.25, 0.3) is 5.56 Å². The van der Waals surface area contributed by atoms with E-state index in [4.69, 9.17) is 0 Å². The summed E-state index contributed by atoms with van der Waals surface area (Å²) < 4.78 is 1.80. The molecular formula is C22H28N4O3S. The molecule has 2 aromatic heterocycles. The Balaban J connectivity index is 1.81. The minimum Gasteiger partial charge on any atom is -0.396 e. The quantitative estimate of drug-likeness (QED) is 0.705. The lowest BCUT2D eigenvalue weighted by molar-refractivity contribution is -0.127. The van der Waals surface area contributed by atoms with Gasteiger partial charge < -0.3 is 15.0 Å². The van der Waals surface area contributed by atoms with E-state index < -0.39 is 5.92 Å². The van der Waals surface area contributed by atoms with Crippen LogP contribution in [0.2, 0.25) is 0 Å². The Morgan fingerprint density at radius 1 is 1.43 bits per heavy atom. The van der Waals surface area contributed by atoms with Gasteiger partial charge in [0.05, 0.1) is 18.5 Å². The van der Waals surface area contributed by atoms with Crippen LogP contribution in [0.5, 0.6) is 0 Å². The second kappa shape index (κ2) is 8.83. The maximum atomic E-state index is 13.2. The summed E-state index contributed by atoms with van der Waals surface area (Å²) in [7, 11) is 0. The van der Waals surface area contributed by atoms with Gasteiger partial charge in [0.1, 0.15) is 5.01 Å². The summed E-state index contributed by atoms with van der Waals surface area (Å²) in [6.45, 7) is 5.48. The van der Waals surface area contributed by atoms with Crippen LogP contribution in [0.4, 0.5) is 0 Å². The molecule has 2 aliphatic rings. The zero-order valence-corrected chi connectivity index (χ0v) is 18.1. The highest BCUT2D eigenvalue weighted by Crippen LogP contribution is 2.49. The van der Waals surface area contributed by atoms with Crippen molar-refractivity contribution in [2.45, 2.75) is 45.4 Å². The number of aromatic nitrogens is 2. The number of rotatable bonds is 7. The number of nitrogens with one attached hydrogen (secondary N) is 1. The Kier molecular flexibility index (Phi) is 6.17. The van der Waals surface area contributed by atoms with Crippen LogP contribution in [0.1, 0.15) is 42.6 Å². The lowest BCUT2D eigenvalue weighted by atomic mass is 9.86. The number of hydrogen-bond donors (Lipinski definition) is 2. The minimum atomic E-state index is -0.410. The molecule has 0 spiro atoms. The summed E-state index contributed by atoms with van der Waals surface area (Å²) in [5.74, 6) is -0.700. The van der Waals surface area contributed by atoms with Crippen molar-refractivity contribution in [3.63, 3.8) is 0 Å². The van der Waals surface area contributed by atoms with Gasteiger partial charge in [-0.05, 0) is 25.5 Å². The zero-order valence-electron chi connectivity index (χ0n) is 17.3. The molecular weight excluding hydrogens is 400 g/mol. The molecule has 4 heterocycles. The van der Waals surface area contributed by atoms with E-state index in [9.17, 15) is 14.7 Å². The van der Waals surface area contributed by atoms with Crippen molar-refractivity contribution in [2.24, 2.45) is 11.8 Å². The Bertz CT molecular complexity index is 985. The normalized spacial score (nSPS) is 25.6. The monoisotopic (exact) mass is 428 g/mol. The van der Waals surface area contributed by atoms with Crippen LogP contribution in [-0.4, -0.2) is 44.7 Å². The van der Waals surface area contributed by atoms with Crippen molar-refractivity contribution >= 4 is 23.3 Å². The average molecular weight is 429 g/mol. The van der Waals surface area contributed by atoms with Crippen molar-refractivity contribution in [3.8, 4) is 0 Å². The summed E-state index contributed by atoms with van der Waals surface area (Å²) in [5, 5.41) is 16.2. The van der Waals surface area contributed by atoms with Crippen LogP contribution in [0.25, 0.3) is 6.08 Å². The van der Waals surface area contributed by atoms with E-state index in [1.54, 1.807) is 22.1 Å². The molecule has 0 aliphatic carbocycles. The first-order valence-corrected chi connectivity index (χ1v) is 11.4. The van der Waals surface area contributed by atoms with Gasteiger partial charge in [-0.3, -0.25) is 14.5 Å². The number of pyridine rings is 1. The summed E-state index contributed by atoms with van der Waals surface area (Å²) >= 11 is 1.58. The van der Waals surface area contributed by atoms with Crippen LogP contribution in [0.15, 0.2) is 34.6 Å². The number of nitrogens with zero attached hydrogens (tertiary/aromatic N) is 3. The molecule has 2 aromatic rings. The number of carbonyl (C=O) groups is 1. The van der Waals surface area contributed by atoms with Gasteiger partial charge in [-0.25, -0.2) is 4.98 Å². The second-order valence-corrected chi connectivity index (χ2v) is 8.88. The van der Waals surface area contributed by atoms with Crippen molar-refractivity contribution < 1.29 is 9.90 Å². The molecule has 0 unspecified atom stereocenters. The van der Waals surface area contributed by atoms with E-state index in [0.717, 1.165) is 17.1 Å². The molecule has 1 fully saturated rings. The lowest BCUT2D eigenvalue weighted by Gasteiger charge is -2.37. The molecule has 0 radical (unpaired) electrons.